The van der Waals surface area contributed by atoms with Crippen LogP contribution in [0, 0.1) is 0 Å². The van der Waals surface area contributed by atoms with Gasteiger partial charge in [-0.15, -0.1) is 10.2 Å². The molecule has 1 aromatic rings. The van der Waals surface area contributed by atoms with E-state index < -0.39 is 0 Å². The fraction of sp³-hybridized carbons (Fsp3) is 0.440. The van der Waals surface area contributed by atoms with Crippen molar-refractivity contribution in [2.75, 3.05) is 7.05 Å². The third-order valence-corrected chi connectivity index (χ3v) is 5.52. The van der Waals surface area contributed by atoms with Crippen molar-refractivity contribution in [3.8, 4) is 0 Å². The number of hydrogen-bond acceptors (Lipinski definition) is 6. The van der Waals surface area contributed by atoms with Crippen LogP contribution < -0.4 is 10.6 Å². The van der Waals surface area contributed by atoms with E-state index >= 15 is 0 Å². The second-order valence-electron chi connectivity index (χ2n) is 8.15. The Kier molecular flexibility index (Phi) is 9.23. The molecule has 33 heavy (non-hydrogen) atoms. The van der Waals surface area contributed by atoms with E-state index in [1.165, 1.54) is 19.3 Å². The number of aliphatic imine (C=N–C) groups is 1. The SMILES string of the molecule is C=CC(=C\N=C(C)OC1CCC1)/C(/C=C\NC)=C/CC(=O)N/C=C/Cc1nncn1C1CC1. The van der Waals surface area contributed by atoms with E-state index in [1.54, 1.807) is 31.0 Å². The van der Waals surface area contributed by atoms with E-state index in [9.17, 15) is 4.79 Å². The third-order valence-electron chi connectivity index (χ3n) is 5.52. The van der Waals surface area contributed by atoms with Crippen LogP contribution in [0.4, 0.5) is 0 Å². The van der Waals surface area contributed by atoms with Crippen molar-refractivity contribution in [2.45, 2.75) is 64.0 Å². The first-order valence-electron chi connectivity index (χ1n) is 11.5. The maximum Gasteiger partial charge on any atom is 0.227 e. The Morgan fingerprint density at radius 3 is 2.79 bits per heavy atom. The number of rotatable bonds is 12. The van der Waals surface area contributed by atoms with Gasteiger partial charge < -0.3 is 19.9 Å². The smallest absolute Gasteiger partial charge is 0.227 e. The van der Waals surface area contributed by atoms with E-state index in [4.69, 9.17) is 4.74 Å². The van der Waals surface area contributed by atoms with Gasteiger partial charge in [-0.25, -0.2) is 4.99 Å². The number of amides is 1. The van der Waals surface area contributed by atoms with Gasteiger partial charge in [0.05, 0.1) is 0 Å². The van der Waals surface area contributed by atoms with Gasteiger partial charge in [-0.2, -0.15) is 0 Å². The lowest BCUT2D eigenvalue weighted by atomic mass is 9.96. The van der Waals surface area contributed by atoms with Crippen molar-refractivity contribution >= 4 is 11.8 Å². The third kappa shape index (κ3) is 7.89. The van der Waals surface area contributed by atoms with E-state index in [2.05, 4.69) is 37.0 Å². The highest BCUT2D eigenvalue weighted by molar-refractivity contribution is 5.79. The lowest BCUT2D eigenvalue weighted by molar-refractivity contribution is -0.119. The number of aromatic nitrogens is 3. The predicted molar refractivity (Wildman–Crippen MR) is 130 cm³/mol. The highest BCUT2D eigenvalue weighted by Gasteiger charge is 2.25. The number of ether oxygens (including phenoxy) is 1. The fourth-order valence-electron chi connectivity index (χ4n) is 3.27. The van der Waals surface area contributed by atoms with Crippen LogP contribution in [0.3, 0.4) is 0 Å². The molecule has 0 atom stereocenters. The minimum atomic E-state index is -0.110. The van der Waals surface area contributed by atoms with Crippen molar-refractivity contribution < 1.29 is 9.53 Å². The van der Waals surface area contributed by atoms with E-state index in [1.807, 2.05) is 32.2 Å². The zero-order valence-corrected chi connectivity index (χ0v) is 19.5. The molecule has 2 aliphatic rings. The van der Waals surface area contributed by atoms with Crippen LogP contribution in [-0.4, -0.2) is 39.7 Å². The van der Waals surface area contributed by atoms with Crippen LogP contribution >= 0.6 is 0 Å². The molecule has 2 N–H and O–H groups in total. The molecule has 0 aliphatic heterocycles. The van der Waals surface area contributed by atoms with Crippen LogP contribution in [0.1, 0.15) is 57.3 Å². The number of nitrogens with zero attached hydrogens (tertiary/aromatic N) is 4. The Morgan fingerprint density at radius 1 is 1.30 bits per heavy atom. The summed E-state index contributed by atoms with van der Waals surface area (Å²) < 4.78 is 7.90. The fourth-order valence-corrected chi connectivity index (χ4v) is 3.27. The molecular formula is C25H34N6O2. The maximum absolute atomic E-state index is 12.3. The van der Waals surface area contributed by atoms with Crippen LogP contribution in [0.25, 0.3) is 0 Å². The topological polar surface area (TPSA) is 93.4 Å². The molecule has 1 amide bonds. The van der Waals surface area contributed by atoms with Gasteiger partial charge in [0.2, 0.25) is 5.91 Å². The average Bonchev–Trinajstić information content (AvgIpc) is 3.53. The van der Waals surface area contributed by atoms with Crippen molar-refractivity contribution in [3.63, 3.8) is 0 Å². The molecule has 0 saturated heterocycles. The first kappa shape index (κ1) is 24.2. The molecule has 8 nitrogen and oxygen atoms in total. The quantitative estimate of drug-likeness (QED) is 0.286. The van der Waals surface area contributed by atoms with Crippen molar-refractivity contribution in [2.24, 2.45) is 4.99 Å². The van der Waals surface area contributed by atoms with Gasteiger partial charge in [0, 0.05) is 45.3 Å². The summed E-state index contributed by atoms with van der Waals surface area (Å²) in [4.78, 5) is 16.8. The molecule has 2 saturated carbocycles. The molecule has 0 bridgehead atoms. The summed E-state index contributed by atoms with van der Waals surface area (Å²) in [6.45, 7) is 5.75. The maximum atomic E-state index is 12.3. The number of carbonyl (C=O) groups excluding carboxylic acids is 1. The average molecular weight is 451 g/mol. The molecule has 176 valence electrons. The number of allylic oxidation sites excluding steroid dienone is 5. The molecule has 1 aromatic heterocycles. The largest absolute Gasteiger partial charge is 0.478 e. The van der Waals surface area contributed by atoms with Crippen molar-refractivity contribution in [1.82, 2.24) is 25.4 Å². The molecule has 8 heteroatoms. The standard InChI is InChI=1S/C25H34N6O2/c1-4-20(17-28-19(2)33-23-7-5-8-23)21(14-16-26-3)10-13-25(32)27-15-6-9-24-30-29-18-31(24)22-11-12-22/h4,6,10,14-18,22-23,26H,1,5,7-9,11-13H2,2-3H3,(H,27,32)/b15-6+,16-14-,20-17+,21-10+,28-19?. The minimum absolute atomic E-state index is 0.110. The summed E-state index contributed by atoms with van der Waals surface area (Å²) in [6.07, 6.45) is 21.2. The molecular weight excluding hydrogens is 416 g/mol. The Balaban J connectivity index is 1.55. The Morgan fingerprint density at radius 2 is 2.12 bits per heavy atom. The predicted octanol–water partition coefficient (Wildman–Crippen LogP) is 3.89. The second kappa shape index (κ2) is 12.6. The van der Waals surface area contributed by atoms with Crippen LogP contribution in [0.5, 0.6) is 0 Å². The van der Waals surface area contributed by atoms with E-state index in [0.29, 0.717) is 18.4 Å². The zero-order valence-electron chi connectivity index (χ0n) is 19.5. The van der Waals surface area contributed by atoms with Gasteiger partial charge in [0.25, 0.3) is 0 Å². The molecule has 1 heterocycles. The zero-order chi connectivity index (χ0) is 23.5. The van der Waals surface area contributed by atoms with Gasteiger partial charge in [-0.1, -0.05) is 24.8 Å². The van der Waals surface area contributed by atoms with Crippen LogP contribution in [0.2, 0.25) is 0 Å². The van der Waals surface area contributed by atoms with Crippen LogP contribution in [0.15, 0.2) is 71.9 Å². The van der Waals surface area contributed by atoms with Gasteiger partial charge in [-0.3, -0.25) is 4.79 Å². The molecule has 0 radical (unpaired) electrons. The van der Waals surface area contributed by atoms with Crippen molar-refractivity contribution in [1.29, 1.82) is 0 Å². The van der Waals surface area contributed by atoms with Crippen LogP contribution in [-0.2, 0) is 16.0 Å². The summed E-state index contributed by atoms with van der Waals surface area (Å²) in [7, 11) is 1.82. The summed E-state index contributed by atoms with van der Waals surface area (Å²) in [5, 5.41) is 13.9. The number of hydrogen-bond donors (Lipinski definition) is 2. The number of carbonyl (C=O) groups is 1. The summed E-state index contributed by atoms with van der Waals surface area (Å²) >= 11 is 0. The monoisotopic (exact) mass is 450 g/mol. The Labute approximate surface area is 195 Å². The van der Waals surface area contributed by atoms with Gasteiger partial charge in [0.1, 0.15) is 18.3 Å². The molecule has 0 spiro atoms. The second-order valence-corrected chi connectivity index (χ2v) is 8.15. The molecule has 2 fully saturated rings. The Hall–Kier alpha value is -3.42. The van der Waals surface area contributed by atoms with E-state index in [0.717, 1.165) is 29.8 Å². The molecule has 0 unspecified atom stereocenters. The minimum Gasteiger partial charge on any atom is -0.478 e. The highest BCUT2D eigenvalue weighted by atomic mass is 16.5. The first-order chi connectivity index (χ1) is 16.1. The normalized spacial score (nSPS) is 17.9. The Bertz CT molecular complexity index is 961. The molecule has 0 aromatic carbocycles. The van der Waals surface area contributed by atoms with Gasteiger partial charge in [0.15, 0.2) is 5.90 Å². The lowest BCUT2D eigenvalue weighted by Crippen LogP contribution is -2.23. The van der Waals surface area contributed by atoms with E-state index in [-0.39, 0.29) is 18.4 Å². The summed E-state index contributed by atoms with van der Waals surface area (Å²) in [5.74, 6) is 1.44. The molecule has 3 rings (SSSR count). The summed E-state index contributed by atoms with van der Waals surface area (Å²) in [5.41, 5.74) is 1.65. The number of nitrogens with one attached hydrogen (secondary N) is 2. The summed E-state index contributed by atoms with van der Waals surface area (Å²) in [6, 6.07) is 0.539. The van der Waals surface area contributed by atoms with Gasteiger partial charge in [-0.05, 0) is 55.5 Å². The first-order valence-corrected chi connectivity index (χ1v) is 11.5. The van der Waals surface area contributed by atoms with Gasteiger partial charge >= 0.3 is 0 Å². The lowest BCUT2D eigenvalue weighted by Gasteiger charge is -2.25. The highest BCUT2D eigenvalue weighted by Crippen LogP contribution is 2.35. The molecule has 2 aliphatic carbocycles. The van der Waals surface area contributed by atoms with Crippen molar-refractivity contribution in [3.05, 3.63) is 72.8 Å².